The van der Waals surface area contributed by atoms with Crippen LogP contribution < -0.4 is 4.74 Å². The molecule has 0 N–H and O–H groups in total. The Morgan fingerprint density at radius 1 is 0.826 bits per heavy atom. The summed E-state index contributed by atoms with van der Waals surface area (Å²) in [5, 5.41) is 7.42. The molecule has 46 heavy (non-hydrogen) atoms. The Labute approximate surface area is 272 Å². The van der Waals surface area contributed by atoms with E-state index in [4.69, 9.17) is 14.8 Å². The van der Waals surface area contributed by atoms with Gasteiger partial charge in [0.05, 0.1) is 22.4 Å². The monoisotopic (exact) mass is 608 g/mol. The Morgan fingerprint density at radius 3 is 2.41 bits per heavy atom. The van der Waals surface area contributed by atoms with Crippen LogP contribution >= 0.6 is 0 Å². The van der Waals surface area contributed by atoms with E-state index in [1.54, 1.807) is 0 Å². The third-order valence-electron chi connectivity index (χ3n) is 10.3. The number of pyridine rings is 1. The van der Waals surface area contributed by atoms with Crippen molar-refractivity contribution < 1.29 is 4.74 Å². The minimum Gasteiger partial charge on any atom is -0.457 e. The largest absolute Gasteiger partial charge is 0.457 e. The van der Waals surface area contributed by atoms with E-state index in [0.717, 1.165) is 39.7 Å². The molecule has 5 heteroatoms. The van der Waals surface area contributed by atoms with Crippen LogP contribution in [-0.2, 0) is 0 Å². The first-order valence-corrected chi connectivity index (χ1v) is 16.7. The highest BCUT2D eigenvalue weighted by atomic mass is 16.5. The molecule has 0 aliphatic heterocycles. The highest BCUT2D eigenvalue weighted by molar-refractivity contribution is 6.09. The lowest BCUT2D eigenvalue weighted by molar-refractivity contribution is 0.447. The van der Waals surface area contributed by atoms with Crippen LogP contribution in [0.25, 0.3) is 33.3 Å². The maximum Gasteiger partial charge on any atom is 0.137 e. The van der Waals surface area contributed by atoms with Gasteiger partial charge in [-0.05, 0) is 99.4 Å². The van der Waals surface area contributed by atoms with Gasteiger partial charge >= 0.3 is 0 Å². The van der Waals surface area contributed by atoms with E-state index in [9.17, 15) is 0 Å². The van der Waals surface area contributed by atoms with Gasteiger partial charge in [0.2, 0.25) is 0 Å². The Hall–Kier alpha value is -4.64. The Bertz CT molecular complexity index is 2100. The first-order valence-electron chi connectivity index (χ1n) is 16.7. The summed E-state index contributed by atoms with van der Waals surface area (Å²) >= 11 is 0. The zero-order valence-electron chi connectivity index (χ0n) is 28.1. The zero-order chi connectivity index (χ0) is 32.1. The average Bonchev–Trinajstić information content (AvgIpc) is 3.53. The highest BCUT2D eigenvalue weighted by Crippen LogP contribution is 2.42. The molecule has 1 aliphatic carbocycles. The van der Waals surface area contributed by atoms with Crippen molar-refractivity contribution >= 4 is 21.8 Å². The van der Waals surface area contributed by atoms with E-state index in [-0.39, 0.29) is 0 Å². The molecule has 0 amide bonds. The molecular weight excluding hydrogens is 564 g/mol. The quantitative estimate of drug-likeness (QED) is 0.169. The summed E-state index contributed by atoms with van der Waals surface area (Å²) in [6.45, 7) is 15.8. The smallest absolute Gasteiger partial charge is 0.137 e. The second-order valence-electron chi connectivity index (χ2n) is 13.6. The van der Waals surface area contributed by atoms with Gasteiger partial charge in [0, 0.05) is 46.3 Å². The Kier molecular flexibility index (Phi) is 7.80. The molecule has 0 saturated heterocycles. The summed E-state index contributed by atoms with van der Waals surface area (Å²) in [7, 11) is 0. The van der Waals surface area contributed by atoms with Crippen molar-refractivity contribution in [2.75, 3.05) is 0 Å². The van der Waals surface area contributed by atoms with Gasteiger partial charge in [0.25, 0.3) is 0 Å². The number of aryl methyl sites for hydroxylation is 1. The number of nitrogens with zero attached hydrogens (tertiary/aromatic N) is 4. The number of allylic oxidation sites excluding steroid dienone is 2. The summed E-state index contributed by atoms with van der Waals surface area (Å²) < 4.78 is 10.9. The van der Waals surface area contributed by atoms with E-state index >= 15 is 0 Å². The van der Waals surface area contributed by atoms with E-state index in [0.29, 0.717) is 23.7 Å². The van der Waals surface area contributed by atoms with Crippen molar-refractivity contribution in [3.63, 3.8) is 0 Å². The van der Waals surface area contributed by atoms with E-state index < -0.39 is 0 Å². The highest BCUT2D eigenvalue weighted by Gasteiger charge is 2.29. The van der Waals surface area contributed by atoms with Gasteiger partial charge in [-0.15, -0.1) is 0 Å². The molecule has 1 aliphatic rings. The molecule has 0 radical (unpaired) electrons. The van der Waals surface area contributed by atoms with E-state index in [1.807, 2.05) is 12.3 Å². The molecule has 2 unspecified atom stereocenters. The van der Waals surface area contributed by atoms with Gasteiger partial charge in [-0.25, -0.2) is 9.67 Å². The van der Waals surface area contributed by atoms with Gasteiger partial charge < -0.3 is 4.74 Å². The fraction of sp³-hybridized carbons (Fsp3) is 0.317. The number of benzene rings is 3. The number of ether oxygens (including phenoxy) is 1. The first kappa shape index (κ1) is 30.0. The standard InChI is InChI=1S/C41H44N4O/c1-25(2)28(5)31-20-21-42-39(22-31)44-37-17-9-8-16-35(37)36-19-18-34(24-38(36)44)46-33-15-11-14-32(23-33)45-30(7)41(29(6)43-45)40-26(3)12-10-13-27(40)4/h8-9,11-12,14-25,27-28,40H,10,13H2,1-7H3/t27-,28?,40?/m0/s1. The number of fused-ring (bicyclic) bond motifs is 3. The third kappa shape index (κ3) is 5.22. The lowest BCUT2D eigenvalue weighted by Gasteiger charge is -2.29. The van der Waals surface area contributed by atoms with Gasteiger partial charge in [-0.3, -0.25) is 4.57 Å². The fourth-order valence-electron chi connectivity index (χ4n) is 7.48. The summed E-state index contributed by atoms with van der Waals surface area (Å²) in [6, 6.07) is 27.6. The van der Waals surface area contributed by atoms with E-state index in [2.05, 4.69) is 137 Å². The number of para-hydroxylation sites is 1. The van der Waals surface area contributed by atoms with Crippen LogP contribution in [0, 0.1) is 25.7 Å². The maximum absolute atomic E-state index is 6.57. The molecule has 0 saturated carbocycles. The van der Waals surface area contributed by atoms with Crippen molar-refractivity contribution in [3.05, 3.63) is 119 Å². The van der Waals surface area contributed by atoms with Crippen LogP contribution in [0.2, 0.25) is 0 Å². The van der Waals surface area contributed by atoms with E-state index in [1.165, 1.54) is 46.0 Å². The number of hydrogen-bond acceptors (Lipinski definition) is 3. The van der Waals surface area contributed by atoms with Crippen molar-refractivity contribution in [1.82, 2.24) is 19.3 Å². The van der Waals surface area contributed by atoms with Crippen molar-refractivity contribution in [1.29, 1.82) is 0 Å². The summed E-state index contributed by atoms with van der Waals surface area (Å²) in [6.07, 6.45) is 6.73. The second kappa shape index (κ2) is 11.9. The molecule has 3 atom stereocenters. The zero-order valence-corrected chi connectivity index (χ0v) is 28.1. The molecule has 3 aromatic heterocycles. The topological polar surface area (TPSA) is 44.9 Å². The van der Waals surface area contributed by atoms with Crippen LogP contribution in [0.4, 0.5) is 0 Å². The van der Waals surface area contributed by atoms with Gasteiger partial charge in [-0.2, -0.15) is 5.10 Å². The van der Waals surface area contributed by atoms with Crippen molar-refractivity contribution in [2.24, 2.45) is 11.8 Å². The third-order valence-corrected chi connectivity index (χ3v) is 10.3. The number of aromatic nitrogens is 4. The molecule has 7 rings (SSSR count). The lowest BCUT2D eigenvalue weighted by Crippen LogP contribution is -2.16. The molecule has 234 valence electrons. The Balaban J connectivity index is 1.26. The molecule has 3 heterocycles. The number of hydrogen-bond donors (Lipinski definition) is 0. The molecule has 3 aromatic carbocycles. The predicted octanol–water partition coefficient (Wildman–Crippen LogP) is 11.0. The van der Waals surface area contributed by atoms with Crippen LogP contribution in [0.3, 0.4) is 0 Å². The Morgan fingerprint density at radius 2 is 1.61 bits per heavy atom. The molecule has 6 aromatic rings. The fourth-order valence-corrected chi connectivity index (χ4v) is 7.48. The molecular formula is C41H44N4O. The van der Waals surface area contributed by atoms with Crippen LogP contribution in [0.5, 0.6) is 11.5 Å². The van der Waals surface area contributed by atoms with Gasteiger partial charge in [-0.1, -0.05) is 63.6 Å². The number of rotatable bonds is 7. The van der Waals surface area contributed by atoms with Gasteiger partial charge in [0.15, 0.2) is 0 Å². The molecule has 0 fully saturated rings. The molecule has 0 spiro atoms. The van der Waals surface area contributed by atoms with Crippen LogP contribution in [0.1, 0.15) is 81.8 Å². The SMILES string of the molecule is CC1=CCC[C@H](C)C1c1c(C)nn(-c2cccc(Oc3ccc4c5ccccc5n(-c5cc(C(C)C(C)C)ccn5)c4c3)c2)c1C. The molecule has 5 nitrogen and oxygen atoms in total. The maximum atomic E-state index is 6.57. The minimum absolute atomic E-state index is 0.421. The predicted molar refractivity (Wildman–Crippen MR) is 190 cm³/mol. The van der Waals surface area contributed by atoms with Gasteiger partial charge in [0.1, 0.15) is 17.3 Å². The average molecular weight is 609 g/mol. The van der Waals surface area contributed by atoms with Crippen LogP contribution in [-0.4, -0.2) is 19.3 Å². The normalized spacial score (nSPS) is 17.5. The summed E-state index contributed by atoms with van der Waals surface area (Å²) in [4.78, 5) is 4.85. The first-order chi connectivity index (χ1) is 22.2. The van der Waals surface area contributed by atoms with Crippen LogP contribution in [0.15, 0.2) is 96.7 Å². The summed E-state index contributed by atoms with van der Waals surface area (Å²) in [5.41, 5.74) is 9.65. The summed E-state index contributed by atoms with van der Waals surface area (Å²) in [5.74, 6) is 4.49. The molecule has 0 bridgehead atoms. The van der Waals surface area contributed by atoms with Crippen molar-refractivity contribution in [3.8, 4) is 23.0 Å². The lowest BCUT2D eigenvalue weighted by atomic mass is 9.75. The second-order valence-corrected chi connectivity index (χ2v) is 13.6. The minimum atomic E-state index is 0.421. The van der Waals surface area contributed by atoms with Crippen molar-refractivity contribution in [2.45, 2.75) is 73.1 Å².